The maximum Gasteiger partial charge on any atom is -0.109 e. The van der Waals surface area contributed by atoms with Crippen molar-refractivity contribution < 1.29 is 49.0 Å². The van der Waals surface area contributed by atoms with E-state index in [9.17, 15) is 0 Å². The predicted octanol–water partition coefficient (Wildman–Crippen LogP) is 3.16. The van der Waals surface area contributed by atoms with Crippen LogP contribution in [0.4, 0.5) is 0 Å². The molecule has 0 nitrogen and oxygen atoms in total. The van der Waals surface area contributed by atoms with Crippen molar-refractivity contribution in [2.45, 2.75) is 72.6 Å². The van der Waals surface area contributed by atoms with Gasteiger partial charge in [0.05, 0.1) is 0 Å². The van der Waals surface area contributed by atoms with Gasteiger partial charge in [0.25, 0.3) is 0 Å². The minimum Gasteiger partial charge on any atom is -1.00 e. The van der Waals surface area contributed by atoms with Crippen LogP contribution in [0.1, 0.15) is 84.1 Å². The van der Waals surface area contributed by atoms with Crippen LogP contribution in [0.3, 0.4) is 0 Å². The molecule has 0 bridgehead atoms. The van der Waals surface area contributed by atoms with Crippen molar-refractivity contribution in [3.8, 4) is 0 Å². The number of hydrogen-bond donors (Lipinski definition) is 0. The molecule has 0 radical (unpaired) electrons. The molecule has 0 unspecified atom stereocenters. The van der Waals surface area contributed by atoms with E-state index in [-0.39, 0.29) is 35.6 Å². The van der Waals surface area contributed by atoms with Gasteiger partial charge in [0, 0.05) is 10.8 Å². The fraction of sp³-hybridized carbons (Fsp3) is 0.333. The maximum atomic E-state index is 2.99. The molecule has 0 atom stereocenters. The molecule has 36 heavy (non-hydrogen) atoms. The molecule has 3 aromatic carbocycles. The number of benzene rings is 2. The number of fused-ring (bicyclic) bond motifs is 5. The van der Waals surface area contributed by atoms with Crippen LogP contribution in [-0.2, 0) is 35.1 Å². The molecule has 0 fully saturated rings. The molecular weight excluding hydrogens is 558 g/mol. The second kappa shape index (κ2) is 11.6. The van der Waals surface area contributed by atoms with Crippen molar-refractivity contribution >= 4 is 35.9 Å². The smallest absolute Gasteiger partial charge is 0.109 e. The first-order valence-corrected chi connectivity index (χ1v) is 13.5. The third-order valence-corrected chi connectivity index (χ3v) is 6.96. The fourth-order valence-corrected chi connectivity index (χ4v) is 5.56. The van der Waals surface area contributed by atoms with Gasteiger partial charge in [-0.05, 0) is 36.1 Å². The molecule has 0 N–H and O–H groups in total. The summed E-state index contributed by atoms with van der Waals surface area (Å²) in [4.78, 5) is 0. The summed E-state index contributed by atoms with van der Waals surface area (Å²) >= 11 is 1.55. The summed E-state index contributed by atoms with van der Waals surface area (Å²) in [6.07, 6.45) is 14.8. The van der Waals surface area contributed by atoms with Gasteiger partial charge in [-0.1, -0.05) is 63.1 Å². The largest absolute Gasteiger partial charge is 1.00 e. The Balaban J connectivity index is 0.000000357. The van der Waals surface area contributed by atoms with Gasteiger partial charge < -0.3 is 24.8 Å². The van der Waals surface area contributed by atoms with Crippen LogP contribution in [0, 0.1) is 6.08 Å². The van der Waals surface area contributed by atoms with Crippen molar-refractivity contribution in [2.75, 3.05) is 0 Å². The maximum absolute atomic E-state index is 2.99. The summed E-state index contributed by atoms with van der Waals surface area (Å²) in [5, 5.41) is 5.57. The van der Waals surface area contributed by atoms with E-state index in [0.29, 0.717) is 0 Å². The molecule has 3 aliphatic carbocycles. The molecule has 188 valence electrons. The first-order chi connectivity index (χ1) is 15.9. The summed E-state index contributed by atoms with van der Waals surface area (Å²) in [5.74, 6) is 0. The van der Waals surface area contributed by atoms with Crippen LogP contribution in [-0.4, -0.2) is 3.21 Å². The number of rotatable bonds is 0. The van der Waals surface area contributed by atoms with Gasteiger partial charge in [0.2, 0.25) is 0 Å². The Bertz CT molecular complexity index is 1320. The van der Waals surface area contributed by atoms with Crippen molar-refractivity contribution in [3.05, 3.63) is 89.0 Å². The second-order valence-corrected chi connectivity index (χ2v) is 13.7. The quantitative estimate of drug-likeness (QED) is 0.351. The standard InChI is InChI=1S/C25H25.C5H5.C3H6.2ClH.Zr/c1-14-12-24(3,4)22-8-16-7-17-9-23-19(15(2)13-25(23,5)6)11-21(17)20(16)10-18(14)22;1-2-4-5-3-1;1-3-2;;;/h7-13H,1-6H3;1-3H,4H2;1-2H3;2*1H;/q2*-1;;;;+2/p-2. The summed E-state index contributed by atoms with van der Waals surface area (Å²) in [6, 6.07) is 12.1. The fourth-order valence-electron chi connectivity index (χ4n) is 5.56. The second-order valence-electron chi connectivity index (χ2n) is 11.2. The topological polar surface area (TPSA) is 0 Å². The van der Waals surface area contributed by atoms with E-state index in [2.05, 4.69) is 110 Å². The van der Waals surface area contributed by atoms with E-state index in [0.717, 1.165) is 6.42 Å². The number of hydrogen-bond acceptors (Lipinski definition) is 0. The Hall–Kier alpha value is -1.40. The molecule has 3 aromatic rings. The summed E-state index contributed by atoms with van der Waals surface area (Å²) in [5.41, 5.74) is 8.90. The third-order valence-electron chi connectivity index (χ3n) is 6.96. The molecule has 0 saturated carbocycles. The van der Waals surface area contributed by atoms with E-state index in [1.807, 2.05) is 12.2 Å². The van der Waals surface area contributed by atoms with Crippen molar-refractivity contribution in [2.24, 2.45) is 0 Å². The van der Waals surface area contributed by atoms with E-state index >= 15 is 0 Å². The first-order valence-electron chi connectivity index (χ1n) is 12.3. The third kappa shape index (κ3) is 6.01. The first kappa shape index (κ1) is 30.8. The average molecular weight is 595 g/mol. The number of halogens is 2. The molecule has 0 saturated heterocycles. The van der Waals surface area contributed by atoms with Gasteiger partial charge in [-0.2, -0.15) is 6.08 Å². The van der Waals surface area contributed by atoms with Crippen LogP contribution in [0.2, 0.25) is 0 Å². The average Bonchev–Trinajstić information content (AvgIpc) is 3.48. The Morgan fingerprint density at radius 1 is 0.806 bits per heavy atom. The van der Waals surface area contributed by atoms with Gasteiger partial charge in [0.1, 0.15) is 0 Å². The zero-order valence-corrected chi connectivity index (χ0v) is 26.7. The van der Waals surface area contributed by atoms with Crippen LogP contribution < -0.4 is 24.8 Å². The van der Waals surface area contributed by atoms with E-state index < -0.39 is 0 Å². The van der Waals surface area contributed by atoms with Crippen molar-refractivity contribution in [3.63, 3.8) is 0 Å². The van der Waals surface area contributed by atoms with E-state index in [4.69, 9.17) is 0 Å². The Labute approximate surface area is 245 Å². The summed E-state index contributed by atoms with van der Waals surface area (Å²) in [7, 11) is 0. The van der Waals surface area contributed by atoms with Crippen LogP contribution in [0.15, 0.2) is 60.7 Å². The van der Waals surface area contributed by atoms with Gasteiger partial charge in [0.15, 0.2) is 0 Å². The molecule has 0 aliphatic heterocycles. The number of allylic oxidation sites excluding steroid dienone is 8. The zero-order valence-electron chi connectivity index (χ0n) is 22.7. The molecule has 0 amide bonds. The molecule has 0 spiro atoms. The Morgan fingerprint density at radius 2 is 1.22 bits per heavy atom. The Morgan fingerprint density at radius 3 is 1.53 bits per heavy atom. The molecule has 6 rings (SSSR count). The summed E-state index contributed by atoms with van der Waals surface area (Å²) < 4.78 is 1.51. The zero-order chi connectivity index (χ0) is 24.8. The van der Waals surface area contributed by atoms with E-state index in [1.54, 1.807) is 24.2 Å². The monoisotopic (exact) mass is 592 g/mol. The van der Waals surface area contributed by atoms with Gasteiger partial charge in [-0.25, -0.2) is 12.2 Å². The minimum absolute atomic E-state index is 0. The van der Waals surface area contributed by atoms with Crippen LogP contribution in [0.5, 0.6) is 0 Å². The Kier molecular flexibility index (Phi) is 9.89. The molecule has 0 aromatic heterocycles. The van der Waals surface area contributed by atoms with Crippen molar-refractivity contribution in [1.29, 1.82) is 0 Å². The van der Waals surface area contributed by atoms with Crippen molar-refractivity contribution in [1.82, 2.24) is 0 Å². The normalized spacial score (nSPS) is 17.1. The van der Waals surface area contributed by atoms with Crippen LogP contribution >= 0.6 is 0 Å². The van der Waals surface area contributed by atoms with Gasteiger partial charge in [-0.15, -0.1) is 46.2 Å². The van der Waals surface area contributed by atoms with Gasteiger partial charge >= 0.3 is 41.3 Å². The summed E-state index contributed by atoms with van der Waals surface area (Å²) in [6.45, 7) is 18.0. The van der Waals surface area contributed by atoms with E-state index in [1.165, 1.54) is 58.2 Å². The molecule has 0 heterocycles. The predicted molar refractivity (Wildman–Crippen MR) is 148 cm³/mol. The SMILES string of the molecule is CC1=CC(C)(C)c2cc3[cH-]c4cc5c(cc4c3cc21)C(C)=CC5(C)C.C[C](C)=[Zr+2].[C-]1=CC=CC1.[Cl-].[Cl-]. The molecule has 3 aliphatic rings. The van der Waals surface area contributed by atoms with Gasteiger partial charge in [-0.3, -0.25) is 6.08 Å². The molecule has 3 heteroatoms. The van der Waals surface area contributed by atoms with Crippen LogP contribution in [0.25, 0.3) is 32.7 Å². The minimum atomic E-state index is 0. The molecular formula is C33H36Cl2Zr-2.